The molecule has 140 valence electrons. The van der Waals surface area contributed by atoms with Gasteiger partial charge in [0.2, 0.25) is 0 Å². The third-order valence-electron chi connectivity index (χ3n) is 4.65. The fraction of sp³-hybridized carbons (Fsp3) is 0.143. The van der Waals surface area contributed by atoms with Crippen LogP contribution in [0.4, 0.5) is 5.82 Å². The number of aliphatic hydroxyl groups excluding tert-OH is 1. The fourth-order valence-corrected chi connectivity index (χ4v) is 3.26. The minimum absolute atomic E-state index is 0.000654. The van der Waals surface area contributed by atoms with Gasteiger partial charge in [0.1, 0.15) is 11.5 Å². The van der Waals surface area contributed by atoms with Crippen LogP contribution in [0.5, 0.6) is 0 Å². The first-order valence-corrected chi connectivity index (χ1v) is 8.68. The van der Waals surface area contributed by atoms with E-state index in [1.807, 2.05) is 19.1 Å². The van der Waals surface area contributed by atoms with E-state index in [4.69, 9.17) is 4.52 Å². The molecule has 1 aliphatic rings. The van der Waals surface area contributed by atoms with Crippen molar-refractivity contribution < 1.29 is 19.2 Å². The molecule has 2 aromatic heterocycles. The highest BCUT2D eigenvalue weighted by Crippen LogP contribution is 2.41. The predicted octanol–water partition coefficient (Wildman–Crippen LogP) is 3.31. The Morgan fingerprint density at radius 1 is 1.07 bits per heavy atom. The summed E-state index contributed by atoms with van der Waals surface area (Å²) in [6.07, 6.45) is 3.13. The summed E-state index contributed by atoms with van der Waals surface area (Å²) < 4.78 is 5.09. The first kappa shape index (κ1) is 17.7. The molecule has 7 heteroatoms. The van der Waals surface area contributed by atoms with Gasteiger partial charge < -0.3 is 9.63 Å². The fourth-order valence-electron chi connectivity index (χ4n) is 3.26. The van der Waals surface area contributed by atoms with E-state index in [0.29, 0.717) is 16.9 Å². The molecule has 0 aliphatic carbocycles. The van der Waals surface area contributed by atoms with Crippen molar-refractivity contribution in [3.8, 4) is 0 Å². The van der Waals surface area contributed by atoms with Crippen LogP contribution >= 0.6 is 0 Å². The second-order valence-corrected chi connectivity index (χ2v) is 6.61. The third kappa shape index (κ3) is 2.87. The number of aliphatic hydroxyl groups is 1. The number of aromatic nitrogens is 2. The first-order valence-electron chi connectivity index (χ1n) is 8.68. The Balaban J connectivity index is 1.93. The zero-order chi connectivity index (χ0) is 19.8. The van der Waals surface area contributed by atoms with Gasteiger partial charge in [-0.3, -0.25) is 19.5 Å². The van der Waals surface area contributed by atoms with Gasteiger partial charge in [0, 0.05) is 24.0 Å². The molecular formula is C21H17N3O4. The quantitative estimate of drug-likeness (QED) is 0.429. The van der Waals surface area contributed by atoms with E-state index in [2.05, 4.69) is 10.1 Å². The monoisotopic (exact) mass is 375 g/mol. The summed E-state index contributed by atoms with van der Waals surface area (Å²) in [6.45, 7) is 3.62. The van der Waals surface area contributed by atoms with Gasteiger partial charge in [0.25, 0.3) is 5.78 Å². The molecule has 1 amide bonds. The standard InChI is InChI=1S/C21H17N3O4/c1-12-3-5-15(6-4-12)19(25)17-18(14-7-9-22-10-8-14)24(21(27)20(17)26)16-11-13(2)28-23-16/h3-11,18,25H,1-2H3/b19-17+/t18-/m1/s1. The summed E-state index contributed by atoms with van der Waals surface area (Å²) in [6, 6.07) is 11.2. The van der Waals surface area contributed by atoms with Crippen LogP contribution in [-0.4, -0.2) is 26.9 Å². The Bertz CT molecular complexity index is 1080. The van der Waals surface area contributed by atoms with Crippen LogP contribution in [-0.2, 0) is 9.59 Å². The van der Waals surface area contributed by atoms with E-state index in [1.165, 1.54) is 4.90 Å². The summed E-state index contributed by atoms with van der Waals surface area (Å²) in [5.74, 6) is -1.07. The van der Waals surface area contributed by atoms with E-state index in [-0.39, 0.29) is 17.2 Å². The second kappa shape index (κ2) is 6.77. The van der Waals surface area contributed by atoms with Gasteiger partial charge in [-0.1, -0.05) is 35.0 Å². The van der Waals surface area contributed by atoms with Gasteiger partial charge in [-0.05, 0) is 31.5 Å². The van der Waals surface area contributed by atoms with Crippen LogP contribution in [0.3, 0.4) is 0 Å². The van der Waals surface area contributed by atoms with Crippen LogP contribution in [0.15, 0.2) is 65.0 Å². The number of hydrogen-bond acceptors (Lipinski definition) is 6. The predicted molar refractivity (Wildman–Crippen MR) is 101 cm³/mol. The smallest absolute Gasteiger partial charge is 0.301 e. The lowest BCUT2D eigenvalue weighted by molar-refractivity contribution is -0.132. The molecule has 1 aliphatic heterocycles. The van der Waals surface area contributed by atoms with Crippen molar-refractivity contribution in [3.05, 3.63) is 82.9 Å². The van der Waals surface area contributed by atoms with Gasteiger partial charge in [0.05, 0.1) is 11.6 Å². The lowest BCUT2D eigenvalue weighted by Crippen LogP contribution is -2.29. The number of Topliss-reactive ketones (excluding diaryl/α,β-unsaturated/α-hetero) is 1. The summed E-state index contributed by atoms with van der Waals surface area (Å²) >= 11 is 0. The van der Waals surface area contributed by atoms with E-state index in [1.54, 1.807) is 49.6 Å². The van der Waals surface area contributed by atoms with Crippen molar-refractivity contribution in [1.29, 1.82) is 0 Å². The highest BCUT2D eigenvalue weighted by molar-refractivity contribution is 6.51. The summed E-state index contributed by atoms with van der Waals surface area (Å²) in [4.78, 5) is 30.9. The molecule has 3 aromatic rings. The van der Waals surface area contributed by atoms with Gasteiger partial charge in [0.15, 0.2) is 5.82 Å². The van der Waals surface area contributed by atoms with E-state index in [0.717, 1.165) is 5.56 Å². The van der Waals surface area contributed by atoms with Crippen LogP contribution in [0.25, 0.3) is 5.76 Å². The van der Waals surface area contributed by atoms with Crippen LogP contribution < -0.4 is 4.90 Å². The van der Waals surface area contributed by atoms with Crippen LogP contribution in [0, 0.1) is 13.8 Å². The van der Waals surface area contributed by atoms with Crippen LogP contribution in [0.2, 0.25) is 0 Å². The molecule has 0 bridgehead atoms. The number of carbonyl (C=O) groups excluding carboxylic acids is 2. The molecule has 7 nitrogen and oxygen atoms in total. The topological polar surface area (TPSA) is 96.5 Å². The Morgan fingerprint density at radius 2 is 1.75 bits per heavy atom. The molecule has 3 heterocycles. The van der Waals surface area contributed by atoms with E-state index >= 15 is 0 Å². The summed E-state index contributed by atoms with van der Waals surface area (Å²) in [7, 11) is 0. The molecular weight excluding hydrogens is 358 g/mol. The van der Waals surface area contributed by atoms with Crippen LogP contribution in [0.1, 0.15) is 28.5 Å². The molecule has 0 unspecified atom stereocenters. The zero-order valence-electron chi connectivity index (χ0n) is 15.3. The molecule has 1 aromatic carbocycles. The molecule has 1 saturated heterocycles. The Hall–Kier alpha value is -3.74. The van der Waals surface area contributed by atoms with Crippen molar-refractivity contribution in [1.82, 2.24) is 10.1 Å². The SMILES string of the molecule is Cc1ccc(/C(O)=C2\C(=O)C(=O)N(c3cc(C)on3)[C@@H]2c2ccncc2)cc1. The van der Waals surface area contributed by atoms with Gasteiger partial charge in [-0.2, -0.15) is 0 Å². The molecule has 28 heavy (non-hydrogen) atoms. The molecule has 1 N–H and O–H groups in total. The number of hydrogen-bond donors (Lipinski definition) is 1. The third-order valence-corrected chi connectivity index (χ3v) is 4.65. The van der Waals surface area contributed by atoms with Gasteiger partial charge in [-0.15, -0.1) is 0 Å². The lowest BCUT2D eigenvalue weighted by Gasteiger charge is -2.22. The minimum atomic E-state index is -0.839. The molecule has 4 rings (SSSR count). The number of ketones is 1. The largest absolute Gasteiger partial charge is 0.507 e. The number of pyridine rings is 1. The minimum Gasteiger partial charge on any atom is -0.507 e. The molecule has 0 spiro atoms. The Kier molecular flexibility index (Phi) is 4.27. The maximum absolute atomic E-state index is 12.9. The molecule has 1 atom stereocenters. The van der Waals surface area contributed by atoms with Crippen molar-refractivity contribution in [2.75, 3.05) is 4.90 Å². The number of amides is 1. The highest BCUT2D eigenvalue weighted by atomic mass is 16.5. The van der Waals surface area contributed by atoms with Gasteiger partial charge in [-0.25, -0.2) is 0 Å². The highest BCUT2D eigenvalue weighted by Gasteiger charge is 2.48. The maximum Gasteiger partial charge on any atom is 0.301 e. The second-order valence-electron chi connectivity index (χ2n) is 6.61. The zero-order valence-corrected chi connectivity index (χ0v) is 15.3. The van der Waals surface area contributed by atoms with Gasteiger partial charge >= 0.3 is 5.91 Å². The maximum atomic E-state index is 12.9. The average molecular weight is 375 g/mol. The number of benzene rings is 1. The number of anilines is 1. The van der Waals surface area contributed by atoms with Crippen molar-refractivity contribution in [3.63, 3.8) is 0 Å². The molecule has 1 fully saturated rings. The summed E-state index contributed by atoms with van der Waals surface area (Å²) in [5.41, 5.74) is 2.10. The number of aryl methyl sites for hydroxylation is 2. The number of carbonyl (C=O) groups is 2. The molecule has 0 saturated carbocycles. The normalized spacial score (nSPS) is 18.6. The Labute approximate surface area is 160 Å². The number of nitrogens with zero attached hydrogens (tertiary/aromatic N) is 3. The molecule has 0 radical (unpaired) electrons. The average Bonchev–Trinajstić information content (AvgIpc) is 3.24. The van der Waals surface area contributed by atoms with Crippen molar-refractivity contribution in [2.45, 2.75) is 19.9 Å². The Morgan fingerprint density at radius 3 is 2.36 bits per heavy atom. The van der Waals surface area contributed by atoms with E-state index < -0.39 is 17.7 Å². The first-order chi connectivity index (χ1) is 13.5. The van der Waals surface area contributed by atoms with Crippen molar-refractivity contribution in [2.24, 2.45) is 0 Å². The van der Waals surface area contributed by atoms with E-state index in [9.17, 15) is 14.7 Å². The lowest BCUT2D eigenvalue weighted by atomic mass is 9.95. The number of rotatable bonds is 3. The van der Waals surface area contributed by atoms with Crippen molar-refractivity contribution >= 4 is 23.3 Å². The summed E-state index contributed by atoms with van der Waals surface area (Å²) in [5, 5.41) is 14.8.